The van der Waals surface area contributed by atoms with Gasteiger partial charge in [0.2, 0.25) is 0 Å². The summed E-state index contributed by atoms with van der Waals surface area (Å²) in [5.41, 5.74) is 0.715. The normalized spacial score (nSPS) is 15.1. The number of nitrogens with zero attached hydrogens (tertiary/aromatic N) is 1. The summed E-state index contributed by atoms with van der Waals surface area (Å²) in [6.07, 6.45) is 0.480. The Morgan fingerprint density at radius 2 is 1.58 bits per heavy atom. The van der Waals surface area contributed by atoms with Crippen LogP contribution < -0.4 is 0 Å². The van der Waals surface area contributed by atoms with Crippen molar-refractivity contribution in [3.05, 3.63) is 11.6 Å². The molecule has 31 heavy (non-hydrogen) atoms. The van der Waals surface area contributed by atoms with Crippen LogP contribution in [0.4, 0.5) is 4.79 Å². The van der Waals surface area contributed by atoms with Crippen molar-refractivity contribution in [2.24, 2.45) is 0 Å². The zero-order valence-electron chi connectivity index (χ0n) is 21.0. The molecule has 0 saturated heterocycles. The summed E-state index contributed by atoms with van der Waals surface area (Å²) in [7, 11) is -2.11. The standard InChI is InChI=1S/C22H41NO5S2Si/c1-12-30-14-16(2)13-17(28-31(9,10)11)18(19(24)26-21(3,4)5)23(15-29)20(25)27-22(6,7)8/h13,15,17-18H,12,14H2,1-11H3/b16-13+/t17-,18+/m1/s1. The van der Waals surface area contributed by atoms with E-state index in [4.69, 9.17) is 26.1 Å². The van der Waals surface area contributed by atoms with Crippen molar-refractivity contribution in [2.45, 2.75) is 98.4 Å². The van der Waals surface area contributed by atoms with Crippen LogP contribution in [-0.2, 0) is 18.7 Å². The molecule has 2 atom stereocenters. The van der Waals surface area contributed by atoms with Crippen molar-refractivity contribution in [3.63, 3.8) is 0 Å². The summed E-state index contributed by atoms with van der Waals surface area (Å²) in [6.45, 7) is 20.8. The number of thioether (sulfide) groups is 1. The molecule has 0 aliphatic rings. The van der Waals surface area contributed by atoms with Crippen LogP contribution in [0.1, 0.15) is 55.4 Å². The lowest BCUT2D eigenvalue weighted by Crippen LogP contribution is -2.55. The highest BCUT2D eigenvalue weighted by Crippen LogP contribution is 2.23. The maximum atomic E-state index is 13.3. The molecule has 0 aliphatic heterocycles. The zero-order valence-corrected chi connectivity index (χ0v) is 23.7. The van der Waals surface area contributed by atoms with Crippen LogP contribution in [0.15, 0.2) is 11.6 Å². The van der Waals surface area contributed by atoms with Gasteiger partial charge in [-0.3, -0.25) is 4.90 Å². The predicted octanol–water partition coefficient (Wildman–Crippen LogP) is 5.81. The molecular formula is C22H41NO5S2Si. The Balaban J connectivity index is 6.40. The van der Waals surface area contributed by atoms with E-state index in [1.165, 1.54) is 0 Å². The molecule has 0 heterocycles. The van der Waals surface area contributed by atoms with Crippen LogP contribution in [-0.4, -0.2) is 65.6 Å². The molecule has 0 fully saturated rings. The molecule has 9 heteroatoms. The molecule has 0 saturated carbocycles. The van der Waals surface area contributed by atoms with Crippen LogP contribution in [0.5, 0.6) is 0 Å². The Bertz CT molecular complexity index is 648. The first-order valence-electron chi connectivity index (χ1n) is 10.5. The number of carbonyl (C=O) groups is 2. The molecule has 0 bridgehead atoms. The van der Waals surface area contributed by atoms with Gasteiger partial charge in [0, 0.05) is 5.75 Å². The number of carbonyl (C=O) groups excluding carboxylic acids is 2. The molecule has 0 radical (unpaired) electrons. The summed E-state index contributed by atoms with van der Waals surface area (Å²) in [5, 5.41) is 0. The molecule has 0 aromatic rings. The maximum Gasteiger partial charge on any atom is 0.415 e. The fourth-order valence-electron chi connectivity index (χ4n) is 2.49. The molecule has 0 unspecified atom stereocenters. The quantitative estimate of drug-likeness (QED) is 0.165. The van der Waals surface area contributed by atoms with Gasteiger partial charge in [-0.15, -0.1) is 0 Å². The van der Waals surface area contributed by atoms with E-state index in [0.29, 0.717) is 0 Å². The fourth-order valence-corrected chi connectivity index (χ4v) is 4.35. The lowest BCUT2D eigenvalue weighted by Gasteiger charge is -2.37. The molecule has 0 aromatic heterocycles. The minimum Gasteiger partial charge on any atom is -0.458 e. The van der Waals surface area contributed by atoms with Gasteiger partial charge in [-0.1, -0.05) is 30.8 Å². The second kappa shape index (κ2) is 12.4. The molecular weight excluding hydrogens is 450 g/mol. The van der Waals surface area contributed by atoms with Gasteiger partial charge >= 0.3 is 12.1 Å². The third-order valence-electron chi connectivity index (χ3n) is 3.45. The Labute approximate surface area is 199 Å². The fraction of sp³-hybridized carbons (Fsp3) is 0.773. The highest BCUT2D eigenvalue weighted by atomic mass is 32.2. The smallest absolute Gasteiger partial charge is 0.415 e. The van der Waals surface area contributed by atoms with Crippen LogP contribution in [0.2, 0.25) is 19.6 Å². The van der Waals surface area contributed by atoms with E-state index in [9.17, 15) is 9.59 Å². The first-order chi connectivity index (χ1) is 13.9. The van der Waals surface area contributed by atoms with Gasteiger partial charge in [0.25, 0.3) is 0 Å². The van der Waals surface area contributed by atoms with Crippen LogP contribution in [0, 0.1) is 0 Å². The van der Waals surface area contributed by atoms with Crippen molar-refractivity contribution in [1.82, 2.24) is 4.90 Å². The number of ether oxygens (including phenoxy) is 2. The average Bonchev–Trinajstić information content (AvgIpc) is 2.52. The van der Waals surface area contributed by atoms with Crippen LogP contribution in [0.3, 0.4) is 0 Å². The number of amides is 1. The SMILES string of the molecule is CCSC/C(C)=C/[C@@H](O[Si](C)(C)C)[C@@H](C(=O)OC(C)(C)C)N(C=S)C(=O)OC(C)(C)C. The summed E-state index contributed by atoms with van der Waals surface area (Å²) in [5.74, 6) is 1.19. The highest BCUT2D eigenvalue weighted by molar-refractivity contribution is 7.99. The average molecular weight is 492 g/mol. The number of esters is 1. The molecule has 0 aliphatic carbocycles. The van der Waals surface area contributed by atoms with E-state index in [-0.39, 0.29) is 0 Å². The van der Waals surface area contributed by atoms with E-state index < -0.39 is 43.7 Å². The van der Waals surface area contributed by atoms with Crippen molar-refractivity contribution in [3.8, 4) is 0 Å². The van der Waals surface area contributed by atoms with Gasteiger partial charge in [-0.05, 0) is 73.9 Å². The van der Waals surface area contributed by atoms with E-state index in [1.54, 1.807) is 53.3 Å². The number of thiocarbonyl (C=S) groups is 1. The minimum atomic E-state index is -2.11. The Kier molecular flexibility index (Phi) is 12.0. The Morgan fingerprint density at radius 3 is 1.97 bits per heavy atom. The van der Waals surface area contributed by atoms with Gasteiger partial charge in [0.15, 0.2) is 14.4 Å². The van der Waals surface area contributed by atoms with Gasteiger partial charge in [-0.25, -0.2) is 9.59 Å². The molecule has 6 nitrogen and oxygen atoms in total. The predicted molar refractivity (Wildman–Crippen MR) is 136 cm³/mol. The Hall–Kier alpha value is -0.903. The summed E-state index contributed by atoms with van der Waals surface area (Å²) in [6, 6.07) is -1.10. The van der Waals surface area contributed by atoms with Gasteiger partial charge in [0.1, 0.15) is 11.2 Å². The third kappa shape index (κ3) is 13.3. The zero-order chi connectivity index (χ0) is 24.6. The van der Waals surface area contributed by atoms with Crippen molar-refractivity contribution in [2.75, 3.05) is 11.5 Å². The molecule has 0 aromatic carbocycles. The van der Waals surface area contributed by atoms with Gasteiger partial charge < -0.3 is 13.9 Å². The second-order valence-corrected chi connectivity index (χ2v) is 16.3. The van der Waals surface area contributed by atoms with Crippen molar-refractivity contribution in [1.29, 1.82) is 0 Å². The molecule has 180 valence electrons. The third-order valence-corrected chi connectivity index (χ3v) is 5.72. The van der Waals surface area contributed by atoms with Crippen LogP contribution in [0.25, 0.3) is 0 Å². The topological polar surface area (TPSA) is 65.1 Å². The molecule has 0 spiro atoms. The Morgan fingerprint density at radius 1 is 1.06 bits per heavy atom. The first-order valence-corrected chi connectivity index (χ1v) is 15.6. The van der Waals surface area contributed by atoms with E-state index in [0.717, 1.165) is 27.5 Å². The lowest BCUT2D eigenvalue weighted by molar-refractivity contribution is -0.162. The monoisotopic (exact) mass is 491 g/mol. The number of rotatable bonds is 10. The largest absolute Gasteiger partial charge is 0.458 e. The first kappa shape index (κ1) is 30.1. The summed E-state index contributed by atoms with van der Waals surface area (Å²) >= 11 is 6.92. The van der Waals surface area contributed by atoms with E-state index >= 15 is 0 Å². The van der Waals surface area contributed by atoms with Crippen molar-refractivity contribution >= 4 is 49.9 Å². The van der Waals surface area contributed by atoms with Gasteiger partial charge in [-0.2, -0.15) is 11.8 Å². The van der Waals surface area contributed by atoms with Crippen molar-refractivity contribution < 1.29 is 23.5 Å². The number of hydrogen-bond donors (Lipinski definition) is 0. The lowest BCUT2D eigenvalue weighted by atomic mass is 10.1. The van der Waals surface area contributed by atoms with Crippen LogP contribution >= 0.6 is 24.0 Å². The molecule has 1 amide bonds. The molecule has 0 N–H and O–H groups in total. The summed E-state index contributed by atoms with van der Waals surface area (Å²) in [4.78, 5) is 27.4. The molecule has 0 rings (SSSR count). The maximum absolute atomic E-state index is 13.3. The van der Waals surface area contributed by atoms with Gasteiger partial charge in [0.05, 0.1) is 11.6 Å². The van der Waals surface area contributed by atoms with E-state index in [1.807, 2.05) is 32.6 Å². The second-order valence-electron chi connectivity index (χ2n) is 10.3. The van der Waals surface area contributed by atoms with E-state index in [2.05, 4.69) is 6.92 Å². The highest BCUT2D eigenvalue weighted by Gasteiger charge is 2.42. The summed E-state index contributed by atoms with van der Waals surface area (Å²) < 4.78 is 17.6. The minimum absolute atomic E-state index is 0.588. The number of hydrogen-bond acceptors (Lipinski definition) is 7.